The van der Waals surface area contributed by atoms with E-state index in [-0.39, 0.29) is 0 Å². The molecule has 0 bridgehead atoms. The van der Waals surface area contributed by atoms with Crippen molar-refractivity contribution in [3.8, 4) is 22.8 Å². The van der Waals surface area contributed by atoms with Gasteiger partial charge in [0.15, 0.2) is 0 Å². The number of hydrogen-bond donors (Lipinski definition) is 0. The van der Waals surface area contributed by atoms with Crippen LogP contribution >= 0.6 is 11.3 Å². The minimum Gasteiger partial charge on any atom is -0.449 e. The van der Waals surface area contributed by atoms with Gasteiger partial charge in [0.05, 0.1) is 5.56 Å². The van der Waals surface area contributed by atoms with Gasteiger partial charge in [-0.05, 0) is 48.1 Å². The fraction of sp³-hybridized carbons (Fsp3) is 0.292. The van der Waals surface area contributed by atoms with Crippen LogP contribution < -0.4 is 9.30 Å². The fourth-order valence-electron chi connectivity index (χ4n) is 5.19. The van der Waals surface area contributed by atoms with E-state index in [1.165, 1.54) is 69.1 Å². The van der Waals surface area contributed by atoms with Crippen LogP contribution in [0.2, 0.25) is 0 Å². The van der Waals surface area contributed by atoms with Crippen LogP contribution in [0.3, 0.4) is 0 Å². The maximum atomic E-state index is 6.69. The maximum absolute atomic E-state index is 6.69. The summed E-state index contributed by atoms with van der Waals surface area (Å²) in [6, 6.07) is 13.2. The highest BCUT2D eigenvalue weighted by molar-refractivity contribution is 7.17. The lowest BCUT2D eigenvalue weighted by molar-refractivity contribution is -0.633. The molecule has 2 aliphatic rings. The third-order valence-corrected chi connectivity index (χ3v) is 7.41. The zero-order chi connectivity index (χ0) is 18.1. The molecule has 0 unspecified atom stereocenters. The first-order valence-electron chi connectivity index (χ1n) is 9.87. The van der Waals surface area contributed by atoms with E-state index >= 15 is 0 Å². The maximum Gasteiger partial charge on any atom is 0.257 e. The van der Waals surface area contributed by atoms with Crippen molar-refractivity contribution in [2.45, 2.75) is 38.5 Å². The van der Waals surface area contributed by atoms with Crippen LogP contribution in [0.1, 0.15) is 42.7 Å². The SMILES string of the molecule is Cc1ccc2cccc3c2c1-c1c(c(C2CCCC2)c2sccc2[n+]1C)O3. The van der Waals surface area contributed by atoms with Gasteiger partial charge in [0.25, 0.3) is 5.69 Å². The van der Waals surface area contributed by atoms with Crippen LogP contribution in [0.15, 0.2) is 41.8 Å². The number of thiophene rings is 1. The van der Waals surface area contributed by atoms with Crippen LogP contribution in [0.25, 0.3) is 32.2 Å². The van der Waals surface area contributed by atoms with Gasteiger partial charge in [-0.2, -0.15) is 4.57 Å². The Morgan fingerprint density at radius 3 is 2.78 bits per heavy atom. The Hall–Kier alpha value is -2.39. The third kappa shape index (κ3) is 2.03. The molecular weight excluding hydrogens is 350 g/mol. The quantitative estimate of drug-likeness (QED) is 0.301. The number of benzene rings is 2. The number of aryl methyl sites for hydroxylation is 2. The molecule has 3 heteroatoms. The summed E-state index contributed by atoms with van der Waals surface area (Å²) in [6.07, 6.45) is 5.22. The predicted molar refractivity (Wildman–Crippen MR) is 112 cm³/mol. The molecule has 2 nitrogen and oxygen atoms in total. The molecule has 0 saturated heterocycles. The largest absolute Gasteiger partial charge is 0.449 e. The minimum atomic E-state index is 0.617. The summed E-state index contributed by atoms with van der Waals surface area (Å²) in [7, 11) is 2.20. The average molecular weight is 373 g/mol. The van der Waals surface area contributed by atoms with E-state index in [4.69, 9.17) is 4.74 Å². The third-order valence-electron chi connectivity index (χ3n) is 6.47. The topological polar surface area (TPSA) is 13.1 Å². The molecule has 6 rings (SSSR count). The number of pyridine rings is 1. The van der Waals surface area contributed by atoms with Crippen molar-refractivity contribution in [2.24, 2.45) is 7.05 Å². The van der Waals surface area contributed by atoms with E-state index in [0.717, 1.165) is 11.5 Å². The van der Waals surface area contributed by atoms with Crippen LogP contribution in [0.5, 0.6) is 11.5 Å². The zero-order valence-corrected chi connectivity index (χ0v) is 16.5. The first-order valence-corrected chi connectivity index (χ1v) is 10.8. The first kappa shape index (κ1) is 15.6. The second-order valence-electron chi connectivity index (χ2n) is 7.98. The van der Waals surface area contributed by atoms with Crippen LogP contribution in [0.4, 0.5) is 0 Å². The zero-order valence-electron chi connectivity index (χ0n) is 15.7. The molecule has 1 fully saturated rings. The Morgan fingerprint density at radius 2 is 1.93 bits per heavy atom. The average Bonchev–Trinajstić information content (AvgIpc) is 3.36. The second kappa shape index (κ2) is 5.56. The van der Waals surface area contributed by atoms with E-state index in [2.05, 4.69) is 60.3 Å². The molecule has 0 amide bonds. The molecule has 3 heterocycles. The summed E-state index contributed by atoms with van der Waals surface area (Å²) in [5.41, 5.74) is 6.71. The number of nitrogens with zero attached hydrogens (tertiary/aromatic N) is 1. The Balaban J connectivity index is 1.81. The highest BCUT2D eigenvalue weighted by Crippen LogP contribution is 2.53. The Kier molecular flexibility index (Phi) is 3.22. The molecular formula is C24H22NOS+. The standard InChI is InChI=1S/C24H22NOS/c1-14-10-11-16-8-5-9-18-20(16)19(14)22-23(26-18)21(15-6-3-4-7-15)24-17(25(22)2)12-13-27-24/h5,8-13,15H,3-4,6-7H2,1-2H3/q+1. The van der Waals surface area contributed by atoms with Gasteiger partial charge >= 0.3 is 0 Å². The van der Waals surface area contributed by atoms with Crippen LogP contribution in [-0.2, 0) is 7.05 Å². The number of ether oxygens (including phenoxy) is 1. The number of hydrogen-bond acceptors (Lipinski definition) is 2. The summed E-state index contributed by atoms with van der Waals surface area (Å²) in [5, 5.41) is 4.74. The predicted octanol–water partition coefficient (Wildman–Crippen LogP) is 6.62. The van der Waals surface area contributed by atoms with Crippen molar-refractivity contribution in [3.05, 3.63) is 52.9 Å². The van der Waals surface area contributed by atoms with Crippen molar-refractivity contribution in [3.63, 3.8) is 0 Å². The lowest BCUT2D eigenvalue weighted by Crippen LogP contribution is -2.34. The van der Waals surface area contributed by atoms with Gasteiger partial charge in [-0.15, -0.1) is 11.3 Å². The van der Waals surface area contributed by atoms with Gasteiger partial charge in [0, 0.05) is 17.0 Å². The van der Waals surface area contributed by atoms with E-state index < -0.39 is 0 Å². The lowest BCUT2D eigenvalue weighted by atomic mass is 9.89. The number of rotatable bonds is 1. The monoisotopic (exact) mass is 372 g/mol. The molecule has 0 atom stereocenters. The Labute approximate surface area is 163 Å². The lowest BCUT2D eigenvalue weighted by Gasteiger charge is -2.24. The van der Waals surface area contributed by atoms with Gasteiger partial charge in [0.1, 0.15) is 17.5 Å². The Morgan fingerprint density at radius 1 is 1.07 bits per heavy atom. The summed E-state index contributed by atoms with van der Waals surface area (Å²) >= 11 is 1.86. The molecule has 1 aliphatic heterocycles. The smallest absolute Gasteiger partial charge is 0.257 e. The summed E-state index contributed by atoms with van der Waals surface area (Å²) in [6.45, 7) is 2.23. The summed E-state index contributed by atoms with van der Waals surface area (Å²) < 4.78 is 10.5. The van der Waals surface area contributed by atoms with Gasteiger partial charge in [0.2, 0.25) is 11.3 Å². The summed E-state index contributed by atoms with van der Waals surface area (Å²) in [4.78, 5) is 0. The van der Waals surface area contributed by atoms with Crippen molar-refractivity contribution in [2.75, 3.05) is 0 Å². The van der Waals surface area contributed by atoms with E-state index in [9.17, 15) is 0 Å². The van der Waals surface area contributed by atoms with Gasteiger partial charge in [-0.1, -0.05) is 37.1 Å². The molecule has 27 heavy (non-hydrogen) atoms. The van der Waals surface area contributed by atoms with Crippen molar-refractivity contribution < 1.29 is 9.30 Å². The molecule has 2 aromatic heterocycles. The second-order valence-corrected chi connectivity index (χ2v) is 8.90. The molecule has 1 saturated carbocycles. The highest BCUT2D eigenvalue weighted by atomic mass is 32.1. The number of aromatic nitrogens is 1. The fourth-order valence-corrected chi connectivity index (χ4v) is 6.24. The van der Waals surface area contributed by atoms with E-state index in [0.29, 0.717) is 5.92 Å². The van der Waals surface area contributed by atoms with Gasteiger partial charge in [-0.25, -0.2) is 0 Å². The summed E-state index contributed by atoms with van der Waals surface area (Å²) in [5.74, 6) is 2.73. The Bertz CT molecular complexity index is 1230. The molecule has 0 spiro atoms. The van der Waals surface area contributed by atoms with Gasteiger partial charge in [-0.3, -0.25) is 0 Å². The number of fused-ring (bicyclic) bond motifs is 3. The molecule has 0 radical (unpaired) electrons. The van der Waals surface area contributed by atoms with E-state index in [1.54, 1.807) is 0 Å². The van der Waals surface area contributed by atoms with Crippen molar-refractivity contribution in [1.29, 1.82) is 0 Å². The minimum absolute atomic E-state index is 0.617. The van der Waals surface area contributed by atoms with E-state index in [1.807, 2.05) is 11.3 Å². The molecule has 0 N–H and O–H groups in total. The van der Waals surface area contributed by atoms with Crippen LogP contribution in [-0.4, -0.2) is 0 Å². The first-order chi connectivity index (χ1) is 13.2. The van der Waals surface area contributed by atoms with Crippen LogP contribution in [0, 0.1) is 6.92 Å². The highest BCUT2D eigenvalue weighted by Gasteiger charge is 2.37. The molecule has 2 aromatic carbocycles. The normalized spacial score (nSPS) is 16.1. The van der Waals surface area contributed by atoms with Gasteiger partial charge < -0.3 is 4.74 Å². The van der Waals surface area contributed by atoms with Crippen molar-refractivity contribution >= 4 is 32.3 Å². The molecule has 134 valence electrons. The molecule has 4 aromatic rings. The van der Waals surface area contributed by atoms with Crippen molar-refractivity contribution in [1.82, 2.24) is 0 Å². The molecule has 1 aliphatic carbocycles.